The molecular weight excluding hydrogens is 199 g/mol. The molecular formula is C5H7BO4S2. The van der Waals surface area contributed by atoms with E-state index in [2.05, 4.69) is 0 Å². The van der Waals surface area contributed by atoms with Crippen molar-refractivity contribution in [2.45, 2.75) is 4.90 Å². The molecule has 0 saturated carbocycles. The van der Waals surface area contributed by atoms with Gasteiger partial charge < -0.3 is 10.0 Å². The van der Waals surface area contributed by atoms with E-state index < -0.39 is 17.0 Å². The molecule has 4 nitrogen and oxygen atoms in total. The molecule has 1 heterocycles. The van der Waals surface area contributed by atoms with Gasteiger partial charge in [0.1, 0.15) is 0 Å². The minimum atomic E-state index is -3.23. The Kier molecular flexibility index (Phi) is 2.57. The standard InChI is InChI=1S/C5H7BO4S2/c1-12(9,10)4-2-5(6(7)8)11-3-4/h2-3,7-8H,1H3. The second kappa shape index (κ2) is 3.17. The number of rotatable bonds is 2. The van der Waals surface area contributed by atoms with Gasteiger partial charge in [-0.25, -0.2) is 8.42 Å². The van der Waals surface area contributed by atoms with Crippen molar-refractivity contribution in [2.75, 3.05) is 6.26 Å². The maximum atomic E-state index is 10.9. The Morgan fingerprint density at radius 1 is 1.50 bits per heavy atom. The lowest BCUT2D eigenvalue weighted by molar-refractivity contribution is 0.427. The molecule has 66 valence electrons. The van der Waals surface area contributed by atoms with Crippen molar-refractivity contribution in [3.05, 3.63) is 11.4 Å². The predicted octanol–water partition coefficient (Wildman–Crippen LogP) is -1.17. The summed E-state index contributed by atoms with van der Waals surface area (Å²) in [6.07, 6.45) is 1.07. The van der Waals surface area contributed by atoms with E-state index in [0.717, 1.165) is 17.6 Å². The highest BCUT2D eigenvalue weighted by atomic mass is 32.2. The van der Waals surface area contributed by atoms with Gasteiger partial charge in [0.05, 0.1) is 4.90 Å². The van der Waals surface area contributed by atoms with Crippen LogP contribution in [0.25, 0.3) is 0 Å². The Morgan fingerprint density at radius 3 is 2.33 bits per heavy atom. The highest BCUT2D eigenvalue weighted by Crippen LogP contribution is 2.10. The molecule has 0 aliphatic carbocycles. The molecule has 0 saturated heterocycles. The van der Waals surface area contributed by atoms with Crippen LogP contribution in [0.2, 0.25) is 0 Å². The maximum absolute atomic E-state index is 10.9. The minimum Gasteiger partial charge on any atom is -0.423 e. The summed E-state index contributed by atoms with van der Waals surface area (Å²) >= 11 is 1.01. The van der Waals surface area contributed by atoms with Crippen molar-refractivity contribution in [1.82, 2.24) is 0 Å². The van der Waals surface area contributed by atoms with Crippen molar-refractivity contribution < 1.29 is 18.5 Å². The van der Waals surface area contributed by atoms with Crippen molar-refractivity contribution in [2.24, 2.45) is 0 Å². The van der Waals surface area contributed by atoms with Crippen LogP contribution < -0.4 is 4.78 Å². The van der Waals surface area contributed by atoms with Crippen LogP contribution in [0, 0.1) is 0 Å². The van der Waals surface area contributed by atoms with Gasteiger partial charge >= 0.3 is 7.12 Å². The third-order valence-corrected chi connectivity index (χ3v) is 3.49. The topological polar surface area (TPSA) is 74.6 Å². The summed E-state index contributed by atoms with van der Waals surface area (Å²) in [7, 11) is -4.82. The van der Waals surface area contributed by atoms with Crippen LogP contribution in [0.3, 0.4) is 0 Å². The van der Waals surface area contributed by atoms with Gasteiger partial charge in [-0.3, -0.25) is 0 Å². The average molecular weight is 206 g/mol. The first-order chi connectivity index (χ1) is 5.41. The average Bonchev–Trinajstić information content (AvgIpc) is 2.30. The summed E-state index contributed by atoms with van der Waals surface area (Å²) < 4.78 is 22.1. The van der Waals surface area contributed by atoms with E-state index in [1.54, 1.807) is 0 Å². The Morgan fingerprint density at radius 2 is 2.08 bits per heavy atom. The van der Waals surface area contributed by atoms with Crippen LogP contribution in [0.15, 0.2) is 16.3 Å². The van der Waals surface area contributed by atoms with E-state index in [1.807, 2.05) is 0 Å². The van der Waals surface area contributed by atoms with Gasteiger partial charge in [0.2, 0.25) is 0 Å². The van der Waals surface area contributed by atoms with E-state index in [1.165, 1.54) is 11.4 Å². The molecule has 1 rings (SSSR count). The van der Waals surface area contributed by atoms with Crippen molar-refractivity contribution >= 4 is 33.1 Å². The highest BCUT2D eigenvalue weighted by Gasteiger charge is 2.17. The van der Waals surface area contributed by atoms with Gasteiger partial charge in [-0.1, -0.05) is 0 Å². The van der Waals surface area contributed by atoms with Gasteiger partial charge in [0.25, 0.3) is 0 Å². The molecule has 0 aliphatic heterocycles. The molecule has 0 atom stereocenters. The number of hydrogen-bond donors (Lipinski definition) is 2. The first kappa shape index (κ1) is 9.72. The monoisotopic (exact) mass is 206 g/mol. The molecule has 1 aromatic heterocycles. The lowest BCUT2D eigenvalue weighted by atomic mass is 9.90. The molecule has 0 bridgehead atoms. The zero-order chi connectivity index (χ0) is 9.35. The summed E-state index contributed by atoms with van der Waals surface area (Å²) in [4.78, 5) is 0.121. The summed E-state index contributed by atoms with van der Waals surface area (Å²) in [6, 6.07) is 1.25. The van der Waals surface area contributed by atoms with Gasteiger partial charge in [-0.15, -0.1) is 0 Å². The van der Waals surface area contributed by atoms with Crippen molar-refractivity contribution in [3.63, 3.8) is 0 Å². The maximum Gasteiger partial charge on any atom is 0.499 e. The Bertz CT molecular complexity index is 367. The molecule has 2 N–H and O–H groups in total. The molecule has 7 heteroatoms. The number of hydrogen-bond acceptors (Lipinski definition) is 5. The van der Waals surface area contributed by atoms with Crippen LogP contribution in [0.4, 0.5) is 0 Å². The summed E-state index contributed by atoms with van der Waals surface area (Å²) in [5.74, 6) is 0. The molecule has 12 heavy (non-hydrogen) atoms. The Balaban J connectivity index is 3.09. The predicted molar refractivity (Wildman–Crippen MR) is 47.3 cm³/mol. The molecule has 0 aliphatic rings. The zero-order valence-corrected chi connectivity index (χ0v) is 7.89. The van der Waals surface area contributed by atoms with Gasteiger partial charge in [0.15, 0.2) is 9.84 Å². The molecule has 0 amide bonds. The second-order valence-corrected chi connectivity index (χ2v) is 5.29. The normalized spacial score (nSPS) is 11.6. The lowest BCUT2D eigenvalue weighted by Gasteiger charge is -1.90. The Hall–Kier alpha value is -0.365. The molecule has 1 aromatic rings. The summed E-state index contributed by atoms with van der Waals surface area (Å²) in [6.45, 7) is 0. The van der Waals surface area contributed by atoms with E-state index in [4.69, 9.17) is 10.0 Å². The Labute approximate surface area is 74.5 Å². The van der Waals surface area contributed by atoms with E-state index in [-0.39, 0.29) is 9.67 Å². The summed E-state index contributed by atoms with van der Waals surface area (Å²) in [5.41, 5.74) is 0. The van der Waals surface area contributed by atoms with Crippen LogP contribution in [-0.4, -0.2) is 31.8 Å². The van der Waals surface area contributed by atoms with E-state index >= 15 is 0 Å². The number of thiophene rings is 1. The van der Waals surface area contributed by atoms with Crippen molar-refractivity contribution in [1.29, 1.82) is 0 Å². The fourth-order valence-corrected chi connectivity index (χ4v) is 2.56. The lowest BCUT2D eigenvalue weighted by Crippen LogP contribution is -2.26. The smallest absolute Gasteiger partial charge is 0.423 e. The second-order valence-electron chi connectivity index (χ2n) is 2.33. The quantitative estimate of drug-likeness (QED) is 0.598. The molecule has 0 unspecified atom stereocenters. The fraction of sp³-hybridized carbons (Fsp3) is 0.200. The van der Waals surface area contributed by atoms with Crippen molar-refractivity contribution in [3.8, 4) is 0 Å². The van der Waals surface area contributed by atoms with Gasteiger partial charge in [-0.05, 0) is 6.07 Å². The molecule has 0 aromatic carbocycles. The zero-order valence-electron chi connectivity index (χ0n) is 6.26. The van der Waals surface area contributed by atoms with Crippen LogP contribution >= 0.6 is 11.3 Å². The van der Waals surface area contributed by atoms with Gasteiger partial charge in [0, 0.05) is 16.4 Å². The van der Waals surface area contributed by atoms with Crippen LogP contribution in [0.1, 0.15) is 0 Å². The first-order valence-corrected chi connectivity index (χ1v) is 5.83. The fourth-order valence-electron chi connectivity index (χ4n) is 0.664. The largest absolute Gasteiger partial charge is 0.499 e. The summed E-state index contributed by atoms with van der Waals surface area (Å²) in [5, 5.41) is 18.7. The SMILES string of the molecule is CS(=O)(=O)c1csc(B(O)O)c1. The van der Waals surface area contributed by atoms with Crippen LogP contribution in [0.5, 0.6) is 0 Å². The van der Waals surface area contributed by atoms with Gasteiger partial charge in [-0.2, -0.15) is 11.3 Å². The first-order valence-electron chi connectivity index (χ1n) is 3.06. The molecule has 0 spiro atoms. The third kappa shape index (κ3) is 2.07. The van der Waals surface area contributed by atoms with Crippen LogP contribution in [-0.2, 0) is 9.84 Å². The minimum absolute atomic E-state index is 0.121. The highest BCUT2D eigenvalue weighted by molar-refractivity contribution is 7.90. The molecule has 0 radical (unpaired) electrons. The van der Waals surface area contributed by atoms with E-state index in [9.17, 15) is 8.42 Å². The van der Waals surface area contributed by atoms with E-state index in [0.29, 0.717) is 0 Å². The molecule has 0 fully saturated rings. The number of sulfone groups is 1. The third-order valence-electron chi connectivity index (χ3n) is 1.28.